The third-order valence-corrected chi connectivity index (χ3v) is 3.79. The van der Waals surface area contributed by atoms with Crippen LogP contribution in [0.2, 0.25) is 0 Å². The smallest absolute Gasteiger partial charge is 0.330 e. The fourth-order valence-electron chi connectivity index (χ4n) is 2.65. The lowest BCUT2D eigenvalue weighted by Crippen LogP contribution is -2.02. The monoisotopic (exact) mass is 290 g/mol. The molecule has 110 valence electrons. The predicted molar refractivity (Wildman–Crippen MR) is 90.9 cm³/mol. The number of hydrogen-bond acceptors (Lipinski definition) is 2. The summed E-state index contributed by atoms with van der Waals surface area (Å²) in [5.41, 5.74) is 1.26. The zero-order chi connectivity index (χ0) is 15.4. The largest absolute Gasteiger partial charge is 0.463 e. The Morgan fingerprint density at radius 2 is 1.64 bits per heavy atom. The highest BCUT2D eigenvalue weighted by molar-refractivity contribution is 5.98. The van der Waals surface area contributed by atoms with Crippen molar-refractivity contribution < 1.29 is 9.53 Å². The zero-order valence-corrected chi connectivity index (χ0v) is 12.4. The van der Waals surface area contributed by atoms with E-state index in [0.29, 0.717) is 6.61 Å². The van der Waals surface area contributed by atoms with Crippen LogP contribution in [0.5, 0.6) is 0 Å². The first-order valence-corrected chi connectivity index (χ1v) is 7.47. The lowest BCUT2D eigenvalue weighted by molar-refractivity contribution is -0.137. The maximum absolute atomic E-state index is 11.0. The Morgan fingerprint density at radius 1 is 0.955 bits per heavy atom. The molecule has 2 nitrogen and oxygen atoms in total. The summed E-state index contributed by atoms with van der Waals surface area (Å²) in [6.45, 7) is 3.81. The van der Waals surface area contributed by atoms with Crippen molar-refractivity contribution in [3.63, 3.8) is 0 Å². The molecule has 3 rings (SSSR count). The average Bonchev–Trinajstić information content (AvgIpc) is 2.56. The maximum Gasteiger partial charge on any atom is 0.330 e. The molecule has 22 heavy (non-hydrogen) atoms. The van der Waals surface area contributed by atoms with E-state index in [4.69, 9.17) is 4.74 Å². The molecule has 0 radical (unpaired) electrons. The van der Waals surface area contributed by atoms with Crippen LogP contribution in [0.3, 0.4) is 0 Å². The number of aryl methyl sites for hydroxylation is 1. The topological polar surface area (TPSA) is 26.3 Å². The minimum atomic E-state index is -0.356. The van der Waals surface area contributed by atoms with Crippen LogP contribution in [-0.2, 0) is 16.0 Å². The van der Waals surface area contributed by atoms with Crippen LogP contribution >= 0.6 is 0 Å². The molecule has 0 amide bonds. The summed E-state index contributed by atoms with van der Waals surface area (Å²) in [6, 6.07) is 19.4. The van der Waals surface area contributed by atoms with Crippen LogP contribution in [0.1, 0.15) is 12.0 Å². The minimum absolute atomic E-state index is 0.356. The maximum atomic E-state index is 11.0. The van der Waals surface area contributed by atoms with Crippen molar-refractivity contribution in [1.82, 2.24) is 0 Å². The van der Waals surface area contributed by atoms with Gasteiger partial charge in [0.25, 0.3) is 0 Å². The Bertz CT molecular complexity index is 833. The van der Waals surface area contributed by atoms with E-state index in [9.17, 15) is 4.79 Å². The fourth-order valence-corrected chi connectivity index (χ4v) is 2.65. The lowest BCUT2D eigenvalue weighted by Gasteiger charge is -2.06. The molecule has 0 spiro atoms. The first-order chi connectivity index (χ1) is 10.8. The Labute approximate surface area is 130 Å². The number of fused-ring (bicyclic) bond motifs is 2. The second kappa shape index (κ2) is 6.44. The van der Waals surface area contributed by atoms with Crippen LogP contribution in [0.15, 0.2) is 67.3 Å². The Morgan fingerprint density at radius 3 is 2.36 bits per heavy atom. The second-order valence-corrected chi connectivity index (χ2v) is 5.36. The SMILES string of the molecule is C=CC(=O)OCCCc1ccc2cc3ccccc3cc2c1. The highest BCUT2D eigenvalue weighted by Gasteiger charge is 2.01. The Hall–Kier alpha value is -2.61. The molecule has 2 heteroatoms. The van der Waals surface area contributed by atoms with Crippen molar-refractivity contribution in [3.8, 4) is 0 Å². The molecular weight excluding hydrogens is 272 g/mol. The van der Waals surface area contributed by atoms with Crippen LogP contribution in [-0.4, -0.2) is 12.6 Å². The van der Waals surface area contributed by atoms with Gasteiger partial charge >= 0.3 is 5.97 Å². The van der Waals surface area contributed by atoms with E-state index in [2.05, 4.69) is 61.2 Å². The van der Waals surface area contributed by atoms with Gasteiger partial charge in [-0.25, -0.2) is 4.79 Å². The molecule has 0 atom stereocenters. The number of carbonyl (C=O) groups excluding carboxylic acids is 1. The zero-order valence-electron chi connectivity index (χ0n) is 12.4. The lowest BCUT2D eigenvalue weighted by atomic mass is 10.0. The molecule has 0 fully saturated rings. The van der Waals surface area contributed by atoms with Crippen molar-refractivity contribution in [2.75, 3.05) is 6.61 Å². The molecule has 0 aliphatic rings. The molecule has 3 aromatic carbocycles. The summed E-state index contributed by atoms with van der Waals surface area (Å²) < 4.78 is 5.00. The molecule has 0 aliphatic heterocycles. The summed E-state index contributed by atoms with van der Waals surface area (Å²) in [7, 11) is 0. The summed E-state index contributed by atoms with van der Waals surface area (Å²) in [6.07, 6.45) is 2.91. The van der Waals surface area contributed by atoms with E-state index in [-0.39, 0.29) is 5.97 Å². The number of esters is 1. The van der Waals surface area contributed by atoms with Crippen LogP contribution in [0.4, 0.5) is 0 Å². The molecular formula is C20H18O2. The van der Waals surface area contributed by atoms with E-state index >= 15 is 0 Å². The van der Waals surface area contributed by atoms with Crippen molar-refractivity contribution in [2.24, 2.45) is 0 Å². The first-order valence-electron chi connectivity index (χ1n) is 7.47. The number of rotatable bonds is 5. The predicted octanol–water partition coefficient (Wildman–Crippen LogP) is 4.65. The standard InChI is InChI=1S/C20H18O2/c1-2-20(21)22-11-5-6-15-9-10-18-13-16-7-3-4-8-17(16)14-19(18)12-15/h2-4,7-10,12-14H,1,5-6,11H2. The molecule has 0 bridgehead atoms. The quantitative estimate of drug-likeness (QED) is 0.296. The third-order valence-electron chi connectivity index (χ3n) is 3.79. The molecule has 0 aromatic heterocycles. The van der Waals surface area contributed by atoms with Gasteiger partial charge in [0, 0.05) is 6.08 Å². The Balaban J connectivity index is 1.76. The summed E-state index contributed by atoms with van der Waals surface area (Å²) in [5, 5.41) is 5.02. The molecule has 0 saturated carbocycles. The molecule has 0 heterocycles. The fraction of sp³-hybridized carbons (Fsp3) is 0.150. The number of hydrogen-bond donors (Lipinski definition) is 0. The highest BCUT2D eigenvalue weighted by atomic mass is 16.5. The summed E-state index contributed by atoms with van der Waals surface area (Å²) in [5.74, 6) is -0.356. The Kier molecular flexibility index (Phi) is 4.19. The molecule has 0 aliphatic carbocycles. The van der Waals surface area contributed by atoms with E-state index in [1.54, 1.807) is 0 Å². The van der Waals surface area contributed by atoms with E-state index in [1.165, 1.54) is 33.2 Å². The van der Waals surface area contributed by atoms with E-state index in [1.807, 2.05) is 0 Å². The number of ether oxygens (including phenoxy) is 1. The number of benzene rings is 3. The van der Waals surface area contributed by atoms with Gasteiger partial charge in [0.05, 0.1) is 6.61 Å². The van der Waals surface area contributed by atoms with Gasteiger partial charge in [0.1, 0.15) is 0 Å². The van der Waals surface area contributed by atoms with Crippen LogP contribution in [0.25, 0.3) is 21.5 Å². The third kappa shape index (κ3) is 3.17. The normalized spacial score (nSPS) is 10.7. The highest BCUT2D eigenvalue weighted by Crippen LogP contribution is 2.24. The average molecular weight is 290 g/mol. The van der Waals surface area contributed by atoms with Crippen molar-refractivity contribution in [2.45, 2.75) is 12.8 Å². The van der Waals surface area contributed by atoms with E-state index < -0.39 is 0 Å². The van der Waals surface area contributed by atoms with Gasteiger partial charge in [-0.15, -0.1) is 0 Å². The van der Waals surface area contributed by atoms with Gasteiger partial charge in [-0.2, -0.15) is 0 Å². The van der Waals surface area contributed by atoms with Gasteiger partial charge in [0.2, 0.25) is 0 Å². The van der Waals surface area contributed by atoms with Gasteiger partial charge in [-0.05, 0) is 52.1 Å². The first kappa shape index (κ1) is 14.3. The number of carbonyl (C=O) groups is 1. The van der Waals surface area contributed by atoms with Gasteiger partial charge in [-0.3, -0.25) is 0 Å². The van der Waals surface area contributed by atoms with Crippen molar-refractivity contribution >= 4 is 27.5 Å². The van der Waals surface area contributed by atoms with Crippen LogP contribution in [0, 0.1) is 0 Å². The van der Waals surface area contributed by atoms with Crippen molar-refractivity contribution in [1.29, 1.82) is 0 Å². The summed E-state index contributed by atoms with van der Waals surface area (Å²) in [4.78, 5) is 11.0. The van der Waals surface area contributed by atoms with Gasteiger partial charge < -0.3 is 4.74 Å². The molecule has 3 aromatic rings. The van der Waals surface area contributed by atoms with Gasteiger partial charge in [-0.1, -0.05) is 49.0 Å². The summed E-state index contributed by atoms with van der Waals surface area (Å²) >= 11 is 0. The minimum Gasteiger partial charge on any atom is -0.463 e. The molecule has 0 N–H and O–H groups in total. The van der Waals surface area contributed by atoms with Gasteiger partial charge in [0.15, 0.2) is 0 Å². The van der Waals surface area contributed by atoms with Crippen LogP contribution < -0.4 is 0 Å². The molecule has 0 unspecified atom stereocenters. The van der Waals surface area contributed by atoms with Crippen molar-refractivity contribution in [3.05, 3.63) is 72.8 Å². The molecule has 0 saturated heterocycles. The second-order valence-electron chi connectivity index (χ2n) is 5.36. The van der Waals surface area contributed by atoms with E-state index in [0.717, 1.165) is 12.8 Å².